The van der Waals surface area contributed by atoms with Crippen LogP contribution in [0.15, 0.2) is 22.8 Å². The van der Waals surface area contributed by atoms with Gasteiger partial charge in [0.05, 0.1) is 18.0 Å². The third-order valence-corrected chi connectivity index (χ3v) is 3.81. The molecule has 0 aliphatic carbocycles. The van der Waals surface area contributed by atoms with Crippen molar-refractivity contribution in [2.45, 2.75) is 19.4 Å². The van der Waals surface area contributed by atoms with Crippen LogP contribution < -0.4 is 5.32 Å². The molecule has 7 heteroatoms. The summed E-state index contributed by atoms with van der Waals surface area (Å²) >= 11 is 1.13. The number of nitrogens with zero attached hydrogens (tertiary/aromatic N) is 3. The lowest BCUT2D eigenvalue weighted by Crippen LogP contribution is -2.34. The molecule has 2 heterocycles. The van der Waals surface area contributed by atoms with E-state index in [1.165, 1.54) is 0 Å². The van der Waals surface area contributed by atoms with Gasteiger partial charge in [-0.2, -0.15) is 0 Å². The van der Waals surface area contributed by atoms with Crippen LogP contribution in [-0.4, -0.2) is 41.0 Å². The van der Waals surface area contributed by atoms with Gasteiger partial charge < -0.3 is 9.73 Å². The monoisotopic (exact) mass is 294 g/mol. The van der Waals surface area contributed by atoms with Crippen molar-refractivity contribution in [3.05, 3.63) is 34.7 Å². The van der Waals surface area contributed by atoms with Crippen LogP contribution in [0.1, 0.15) is 34.1 Å². The molecule has 0 radical (unpaired) electrons. The van der Waals surface area contributed by atoms with E-state index in [9.17, 15) is 4.79 Å². The summed E-state index contributed by atoms with van der Waals surface area (Å²) in [6, 6.07) is 3.75. The molecule has 6 nitrogen and oxygen atoms in total. The maximum atomic E-state index is 12.2. The molecular formula is C13H18N4O2S. The number of hydrogen-bond donors (Lipinski definition) is 1. The molecule has 0 saturated carbocycles. The Balaban J connectivity index is 2.01. The van der Waals surface area contributed by atoms with Gasteiger partial charge in [-0.1, -0.05) is 11.4 Å². The lowest BCUT2D eigenvalue weighted by Gasteiger charge is -2.22. The molecule has 0 aliphatic heterocycles. The third-order valence-electron chi connectivity index (χ3n) is 3.05. The number of furan rings is 1. The first-order chi connectivity index (χ1) is 9.63. The summed E-state index contributed by atoms with van der Waals surface area (Å²) in [4.78, 5) is 14.7. The van der Waals surface area contributed by atoms with Crippen molar-refractivity contribution in [1.29, 1.82) is 0 Å². The van der Waals surface area contributed by atoms with E-state index in [1.54, 1.807) is 6.26 Å². The van der Waals surface area contributed by atoms with E-state index >= 15 is 0 Å². The topological polar surface area (TPSA) is 71.3 Å². The van der Waals surface area contributed by atoms with Crippen molar-refractivity contribution >= 4 is 17.4 Å². The summed E-state index contributed by atoms with van der Waals surface area (Å²) in [5, 5.41) is 6.87. The molecule has 0 unspecified atom stereocenters. The minimum Gasteiger partial charge on any atom is -0.468 e. The van der Waals surface area contributed by atoms with Gasteiger partial charge in [0.1, 0.15) is 10.6 Å². The molecule has 0 saturated heterocycles. The molecule has 108 valence electrons. The predicted molar refractivity (Wildman–Crippen MR) is 76.8 cm³/mol. The van der Waals surface area contributed by atoms with Gasteiger partial charge in [0, 0.05) is 6.54 Å². The summed E-state index contributed by atoms with van der Waals surface area (Å²) in [6.45, 7) is 2.43. The van der Waals surface area contributed by atoms with Crippen LogP contribution in [0.2, 0.25) is 0 Å². The summed E-state index contributed by atoms with van der Waals surface area (Å²) in [7, 11) is 3.90. The maximum absolute atomic E-state index is 12.2. The fraction of sp³-hybridized carbons (Fsp3) is 0.462. The first kappa shape index (κ1) is 14.7. The molecule has 0 bridgehead atoms. The summed E-state index contributed by atoms with van der Waals surface area (Å²) in [6.07, 6.45) is 2.34. The van der Waals surface area contributed by atoms with Crippen molar-refractivity contribution in [2.24, 2.45) is 0 Å². The molecule has 1 atom stereocenters. The number of aromatic nitrogens is 2. The fourth-order valence-corrected chi connectivity index (χ4v) is 2.57. The predicted octanol–water partition coefficient (Wildman–Crippen LogP) is 1.73. The number of aryl methyl sites for hydroxylation is 1. The minimum atomic E-state index is -0.129. The van der Waals surface area contributed by atoms with Crippen LogP contribution in [0, 0.1) is 0 Å². The van der Waals surface area contributed by atoms with Crippen LogP contribution >= 0.6 is 11.5 Å². The molecule has 2 aromatic rings. The van der Waals surface area contributed by atoms with E-state index in [0.717, 1.165) is 23.0 Å². The van der Waals surface area contributed by atoms with Crippen LogP contribution in [0.5, 0.6) is 0 Å². The summed E-state index contributed by atoms with van der Waals surface area (Å²) in [5.41, 5.74) is 0.743. The zero-order chi connectivity index (χ0) is 14.5. The first-order valence-electron chi connectivity index (χ1n) is 6.42. The zero-order valence-corrected chi connectivity index (χ0v) is 12.6. The minimum absolute atomic E-state index is 0.0000860. The summed E-state index contributed by atoms with van der Waals surface area (Å²) < 4.78 is 9.24. The quantitative estimate of drug-likeness (QED) is 0.878. The number of carbonyl (C=O) groups excluding carboxylic acids is 1. The van der Waals surface area contributed by atoms with Crippen LogP contribution in [-0.2, 0) is 6.42 Å². The molecule has 0 spiro atoms. The second kappa shape index (κ2) is 6.62. The lowest BCUT2D eigenvalue weighted by molar-refractivity contribution is 0.0942. The zero-order valence-electron chi connectivity index (χ0n) is 11.8. The average molecular weight is 294 g/mol. The normalized spacial score (nSPS) is 12.6. The highest BCUT2D eigenvalue weighted by atomic mass is 32.1. The van der Waals surface area contributed by atoms with Gasteiger partial charge in [-0.15, -0.1) is 5.10 Å². The molecule has 2 aromatic heterocycles. The van der Waals surface area contributed by atoms with Crippen molar-refractivity contribution in [1.82, 2.24) is 19.8 Å². The largest absolute Gasteiger partial charge is 0.468 e. The van der Waals surface area contributed by atoms with E-state index in [2.05, 4.69) is 14.9 Å². The van der Waals surface area contributed by atoms with E-state index in [4.69, 9.17) is 4.42 Å². The van der Waals surface area contributed by atoms with Gasteiger partial charge in [-0.05, 0) is 44.2 Å². The van der Waals surface area contributed by atoms with Crippen molar-refractivity contribution < 1.29 is 9.21 Å². The Morgan fingerprint density at radius 1 is 1.55 bits per heavy atom. The Morgan fingerprint density at radius 3 is 2.95 bits per heavy atom. The molecule has 0 aliphatic rings. The molecule has 0 fully saturated rings. The number of amides is 1. The highest BCUT2D eigenvalue weighted by Gasteiger charge is 2.20. The Morgan fingerprint density at radius 2 is 2.35 bits per heavy atom. The molecule has 0 aromatic carbocycles. The highest BCUT2D eigenvalue weighted by Crippen LogP contribution is 2.18. The lowest BCUT2D eigenvalue weighted by atomic mass is 10.2. The Labute approximate surface area is 121 Å². The van der Waals surface area contributed by atoms with Crippen LogP contribution in [0.4, 0.5) is 0 Å². The molecule has 1 N–H and O–H groups in total. The standard InChI is InChI=1S/C13H18N4O2S/c1-4-9-12(20-16-15-9)13(18)14-8-10(17(2)3)11-6-5-7-19-11/h5-7,10H,4,8H2,1-3H3,(H,14,18)/t10-/m1/s1. The van der Waals surface area contributed by atoms with E-state index in [1.807, 2.05) is 38.1 Å². The maximum Gasteiger partial charge on any atom is 0.265 e. The number of likely N-dealkylation sites (N-methyl/N-ethyl adjacent to an activating group) is 1. The van der Waals surface area contributed by atoms with Crippen molar-refractivity contribution in [3.8, 4) is 0 Å². The average Bonchev–Trinajstić information content (AvgIpc) is 3.09. The van der Waals surface area contributed by atoms with Gasteiger partial charge >= 0.3 is 0 Å². The molecule has 2 rings (SSSR count). The van der Waals surface area contributed by atoms with Gasteiger partial charge in [-0.25, -0.2) is 0 Å². The van der Waals surface area contributed by atoms with Crippen molar-refractivity contribution in [2.75, 3.05) is 20.6 Å². The fourth-order valence-electron chi connectivity index (χ4n) is 1.90. The van der Waals surface area contributed by atoms with Crippen LogP contribution in [0.3, 0.4) is 0 Å². The van der Waals surface area contributed by atoms with Crippen molar-refractivity contribution in [3.63, 3.8) is 0 Å². The second-order valence-corrected chi connectivity index (χ2v) is 5.36. The SMILES string of the molecule is CCc1nnsc1C(=O)NC[C@H](c1ccco1)N(C)C. The highest BCUT2D eigenvalue weighted by molar-refractivity contribution is 7.08. The number of hydrogen-bond acceptors (Lipinski definition) is 6. The van der Waals surface area contributed by atoms with Gasteiger partial charge in [0.25, 0.3) is 5.91 Å². The first-order valence-corrected chi connectivity index (χ1v) is 7.20. The molecular weight excluding hydrogens is 276 g/mol. The number of rotatable bonds is 6. The van der Waals surface area contributed by atoms with Gasteiger partial charge in [-0.3, -0.25) is 9.69 Å². The third kappa shape index (κ3) is 3.23. The number of nitrogens with one attached hydrogen (secondary N) is 1. The smallest absolute Gasteiger partial charge is 0.265 e. The Hall–Kier alpha value is -1.73. The number of carbonyl (C=O) groups is 1. The van der Waals surface area contributed by atoms with E-state index in [-0.39, 0.29) is 11.9 Å². The summed E-state index contributed by atoms with van der Waals surface area (Å²) in [5.74, 6) is 0.698. The van der Waals surface area contributed by atoms with E-state index in [0.29, 0.717) is 17.8 Å². The Kier molecular flexibility index (Phi) is 4.86. The Bertz CT molecular complexity index is 550. The molecule has 1 amide bonds. The van der Waals surface area contributed by atoms with Crippen LogP contribution in [0.25, 0.3) is 0 Å². The van der Waals surface area contributed by atoms with E-state index < -0.39 is 0 Å². The molecule has 20 heavy (non-hydrogen) atoms. The second-order valence-electron chi connectivity index (χ2n) is 4.61. The van der Waals surface area contributed by atoms with Gasteiger partial charge in [0.2, 0.25) is 0 Å². The van der Waals surface area contributed by atoms with Gasteiger partial charge in [0.15, 0.2) is 0 Å².